The molecule has 1 saturated heterocycles. The first-order chi connectivity index (χ1) is 7.51. The van der Waals surface area contributed by atoms with E-state index in [-0.39, 0.29) is 5.90 Å². The molecule has 0 aliphatic carbocycles. The fraction of sp³-hybridized carbons (Fsp3) is 0.889. The van der Waals surface area contributed by atoms with Crippen LogP contribution in [0.4, 0.5) is 0 Å². The highest BCUT2D eigenvalue weighted by atomic mass is 16.6. The lowest BCUT2D eigenvalue weighted by molar-refractivity contribution is -0.248. The van der Waals surface area contributed by atoms with E-state index in [4.69, 9.17) is 14.6 Å². The summed E-state index contributed by atoms with van der Waals surface area (Å²) in [4.78, 5) is 3.86. The molecule has 0 unspecified atom stereocenters. The van der Waals surface area contributed by atoms with Crippen molar-refractivity contribution in [1.29, 1.82) is 0 Å². The Bertz CT molecular complexity index is 258. The fourth-order valence-electron chi connectivity index (χ4n) is 1.48. The van der Waals surface area contributed by atoms with Crippen LogP contribution in [-0.4, -0.2) is 70.7 Å². The first-order valence-electron chi connectivity index (χ1n) is 4.90. The predicted molar refractivity (Wildman–Crippen MR) is 53.9 cm³/mol. The average Bonchev–Trinajstić information content (AvgIpc) is 2.28. The van der Waals surface area contributed by atoms with Gasteiger partial charge in [0.2, 0.25) is 0 Å². The van der Waals surface area contributed by atoms with E-state index in [2.05, 4.69) is 4.99 Å². The molecule has 0 amide bonds. The quantitative estimate of drug-likeness (QED) is 0.321. The van der Waals surface area contributed by atoms with Gasteiger partial charge in [-0.3, -0.25) is 0 Å². The SMILES string of the molecule is COC(C)=N[C@@H]1[C@@H](O)[C@H](O)[C@@H](CO)O[C@H]1O. The topological polar surface area (TPSA) is 112 Å². The van der Waals surface area contributed by atoms with Crippen LogP contribution in [0.25, 0.3) is 0 Å². The summed E-state index contributed by atoms with van der Waals surface area (Å²) in [6.07, 6.45) is -5.02. The van der Waals surface area contributed by atoms with Crippen molar-refractivity contribution in [2.24, 2.45) is 4.99 Å². The standard InChI is InChI=1S/C9H17NO6/c1-4(15-2)10-6-8(13)7(12)5(3-11)16-9(6)14/h5-9,11-14H,3H2,1-2H3/t5-,6-,7-,8-,9-/m1/s1. The van der Waals surface area contributed by atoms with E-state index in [1.807, 2.05) is 0 Å². The number of aliphatic imine (C=N–C) groups is 1. The number of ether oxygens (including phenoxy) is 2. The average molecular weight is 235 g/mol. The molecule has 0 saturated carbocycles. The Morgan fingerprint density at radius 1 is 1.31 bits per heavy atom. The molecule has 1 fully saturated rings. The largest absolute Gasteiger partial charge is 0.484 e. The van der Waals surface area contributed by atoms with E-state index < -0.39 is 37.3 Å². The summed E-state index contributed by atoms with van der Waals surface area (Å²) in [5.41, 5.74) is 0. The molecule has 1 aliphatic rings. The van der Waals surface area contributed by atoms with Gasteiger partial charge in [0.25, 0.3) is 0 Å². The third kappa shape index (κ3) is 2.69. The highest BCUT2D eigenvalue weighted by Gasteiger charge is 2.43. The molecular weight excluding hydrogens is 218 g/mol. The van der Waals surface area contributed by atoms with Gasteiger partial charge in [-0.25, -0.2) is 4.99 Å². The molecule has 0 aromatic carbocycles. The number of aliphatic hydroxyl groups is 4. The number of rotatable bonds is 2. The second-order valence-corrected chi connectivity index (χ2v) is 3.57. The molecule has 1 aliphatic heterocycles. The molecule has 4 N–H and O–H groups in total. The van der Waals surface area contributed by atoms with Crippen LogP contribution in [0.15, 0.2) is 4.99 Å². The molecule has 94 valence electrons. The highest BCUT2D eigenvalue weighted by molar-refractivity contribution is 5.73. The van der Waals surface area contributed by atoms with Crippen molar-refractivity contribution in [1.82, 2.24) is 0 Å². The van der Waals surface area contributed by atoms with Crippen LogP contribution in [0.3, 0.4) is 0 Å². The van der Waals surface area contributed by atoms with Crippen molar-refractivity contribution in [3.63, 3.8) is 0 Å². The second kappa shape index (κ2) is 5.55. The molecule has 0 aromatic heterocycles. The van der Waals surface area contributed by atoms with Crippen molar-refractivity contribution in [2.75, 3.05) is 13.7 Å². The molecule has 0 bridgehead atoms. The smallest absolute Gasteiger partial charge is 0.180 e. The maximum absolute atomic E-state index is 9.69. The summed E-state index contributed by atoms with van der Waals surface area (Å²) in [7, 11) is 1.40. The van der Waals surface area contributed by atoms with Gasteiger partial charge in [0, 0.05) is 6.92 Å². The van der Waals surface area contributed by atoms with E-state index in [0.29, 0.717) is 0 Å². The summed E-state index contributed by atoms with van der Waals surface area (Å²) in [6, 6.07) is -1.03. The first-order valence-corrected chi connectivity index (χ1v) is 4.90. The summed E-state index contributed by atoms with van der Waals surface area (Å²) >= 11 is 0. The number of hydrogen-bond acceptors (Lipinski definition) is 7. The Balaban J connectivity index is 2.79. The van der Waals surface area contributed by atoms with Crippen molar-refractivity contribution >= 4 is 5.90 Å². The van der Waals surface area contributed by atoms with Gasteiger partial charge >= 0.3 is 0 Å². The van der Waals surface area contributed by atoms with E-state index in [9.17, 15) is 15.3 Å². The van der Waals surface area contributed by atoms with Crippen molar-refractivity contribution in [3.05, 3.63) is 0 Å². The lowest BCUT2D eigenvalue weighted by Crippen LogP contribution is -2.58. The summed E-state index contributed by atoms with van der Waals surface area (Å²) < 4.78 is 9.69. The maximum Gasteiger partial charge on any atom is 0.180 e. The number of nitrogens with zero attached hydrogens (tertiary/aromatic N) is 1. The lowest BCUT2D eigenvalue weighted by atomic mass is 9.97. The normalized spacial score (nSPS) is 40.9. The Morgan fingerprint density at radius 3 is 2.44 bits per heavy atom. The van der Waals surface area contributed by atoms with Crippen molar-refractivity contribution in [3.8, 4) is 0 Å². The lowest BCUT2D eigenvalue weighted by Gasteiger charge is -2.38. The van der Waals surface area contributed by atoms with Crippen LogP contribution in [-0.2, 0) is 9.47 Å². The second-order valence-electron chi connectivity index (χ2n) is 3.57. The molecule has 7 nitrogen and oxygen atoms in total. The Morgan fingerprint density at radius 2 is 1.94 bits per heavy atom. The van der Waals surface area contributed by atoms with Gasteiger partial charge in [0.1, 0.15) is 24.4 Å². The minimum absolute atomic E-state index is 0.251. The van der Waals surface area contributed by atoms with Gasteiger partial charge < -0.3 is 29.9 Å². The van der Waals surface area contributed by atoms with Crippen LogP contribution in [0.2, 0.25) is 0 Å². The zero-order chi connectivity index (χ0) is 12.3. The molecule has 16 heavy (non-hydrogen) atoms. The van der Waals surface area contributed by atoms with E-state index >= 15 is 0 Å². The summed E-state index contributed by atoms with van der Waals surface area (Å²) in [6.45, 7) is 1.05. The predicted octanol–water partition coefficient (Wildman–Crippen LogP) is -2.15. The molecular formula is C9H17NO6. The zero-order valence-corrected chi connectivity index (χ0v) is 9.15. The molecule has 0 radical (unpaired) electrons. The van der Waals surface area contributed by atoms with E-state index in [1.165, 1.54) is 7.11 Å². The van der Waals surface area contributed by atoms with Crippen molar-refractivity contribution < 1.29 is 29.9 Å². The Hall–Kier alpha value is -0.730. The van der Waals surface area contributed by atoms with Crippen LogP contribution in [0.5, 0.6) is 0 Å². The number of methoxy groups -OCH3 is 1. The van der Waals surface area contributed by atoms with Crippen LogP contribution < -0.4 is 0 Å². The fourth-order valence-corrected chi connectivity index (χ4v) is 1.48. The van der Waals surface area contributed by atoms with E-state index in [0.717, 1.165) is 0 Å². The van der Waals surface area contributed by atoms with Gasteiger partial charge in [-0.2, -0.15) is 0 Å². The van der Waals surface area contributed by atoms with Crippen LogP contribution >= 0.6 is 0 Å². The molecule has 1 rings (SSSR count). The highest BCUT2D eigenvalue weighted by Crippen LogP contribution is 2.22. The minimum Gasteiger partial charge on any atom is -0.484 e. The molecule has 0 aromatic rings. The van der Waals surface area contributed by atoms with Gasteiger partial charge in [0.15, 0.2) is 12.2 Å². The van der Waals surface area contributed by atoms with E-state index in [1.54, 1.807) is 6.92 Å². The summed E-state index contributed by atoms with van der Waals surface area (Å²) in [5, 5.41) is 37.6. The van der Waals surface area contributed by atoms with Crippen molar-refractivity contribution in [2.45, 2.75) is 37.6 Å². The molecule has 7 heteroatoms. The first kappa shape index (κ1) is 13.3. The van der Waals surface area contributed by atoms with Gasteiger partial charge in [0.05, 0.1) is 13.7 Å². The van der Waals surface area contributed by atoms with Gasteiger partial charge in [-0.1, -0.05) is 0 Å². The maximum atomic E-state index is 9.69. The van der Waals surface area contributed by atoms with Crippen LogP contribution in [0, 0.1) is 0 Å². The molecule has 0 spiro atoms. The zero-order valence-electron chi connectivity index (χ0n) is 9.15. The summed E-state index contributed by atoms with van der Waals surface area (Å²) in [5.74, 6) is 0.251. The third-order valence-electron chi connectivity index (χ3n) is 2.49. The monoisotopic (exact) mass is 235 g/mol. The van der Waals surface area contributed by atoms with Gasteiger partial charge in [-0.15, -0.1) is 0 Å². The third-order valence-corrected chi connectivity index (χ3v) is 2.49. The number of aliphatic hydroxyl groups excluding tert-OH is 4. The minimum atomic E-state index is -1.39. The molecule has 1 heterocycles. The Labute approximate surface area is 93.0 Å². The number of hydrogen-bond donors (Lipinski definition) is 4. The van der Waals surface area contributed by atoms with Crippen LogP contribution in [0.1, 0.15) is 6.92 Å². The molecule has 5 atom stereocenters. The Kier molecular flexibility index (Phi) is 4.63. The van der Waals surface area contributed by atoms with Gasteiger partial charge in [-0.05, 0) is 0 Å².